The van der Waals surface area contributed by atoms with Crippen molar-refractivity contribution in [1.29, 1.82) is 0 Å². The summed E-state index contributed by atoms with van der Waals surface area (Å²) in [5, 5.41) is 11.9. The van der Waals surface area contributed by atoms with Crippen LogP contribution in [0.4, 0.5) is 0 Å². The summed E-state index contributed by atoms with van der Waals surface area (Å²) in [5.74, 6) is -1.40. The van der Waals surface area contributed by atoms with Crippen LogP contribution in [0.25, 0.3) is 0 Å². The van der Waals surface area contributed by atoms with E-state index in [1.807, 2.05) is 12.1 Å². The molecule has 0 aliphatic heterocycles. The maximum atomic E-state index is 12.1. The van der Waals surface area contributed by atoms with Crippen LogP contribution in [0.1, 0.15) is 50.5 Å². The van der Waals surface area contributed by atoms with Gasteiger partial charge in [-0.1, -0.05) is 6.42 Å². The first kappa shape index (κ1) is 16.7. The number of nitrogens with one attached hydrogen (secondary N) is 1. The van der Waals surface area contributed by atoms with E-state index in [1.54, 1.807) is 6.20 Å². The molecule has 2 N–H and O–H groups in total. The number of rotatable bonds is 6. The van der Waals surface area contributed by atoms with Crippen molar-refractivity contribution < 1.29 is 19.4 Å². The Labute approximate surface area is 141 Å². The summed E-state index contributed by atoms with van der Waals surface area (Å²) in [6.07, 6.45) is 8.97. The van der Waals surface area contributed by atoms with E-state index in [4.69, 9.17) is 9.84 Å². The van der Waals surface area contributed by atoms with Gasteiger partial charge in [-0.25, -0.2) is 4.98 Å². The summed E-state index contributed by atoms with van der Waals surface area (Å²) in [5.41, 5.74) is 0.912. The van der Waals surface area contributed by atoms with E-state index >= 15 is 0 Å². The number of pyridine rings is 1. The Hall–Kier alpha value is -2.11. The number of ether oxygens (including phenoxy) is 1. The number of aromatic nitrogens is 1. The van der Waals surface area contributed by atoms with E-state index < -0.39 is 17.8 Å². The van der Waals surface area contributed by atoms with Gasteiger partial charge in [0.15, 0.2) is 0 Å². The van der Waals surface area contributed by atoms with Crippen LogP contribution in [0.5, 0.6) is 5.88 Å². The number of amides is 1. The number of aliphatic carboxylic acids is 1. The van der Waals surface area contributed by atoms with Crippen molar-refractivity contribution in [3.8, 4) is 5.88 Å². The van der Waals surface area contributed by atoms with Gasteiger partial charge in [0, 0.05) is 18.8 Å². The molecular formula is C18H24N2O4. The zero-order chi connectivity index (χ0) is 16.9. The molecule has 130 valence electrons. The highest BCUT2D eigenvalue weighted by atomic mass is 16.5. The second kappa shape index (κ2) is 7.64. The zero-order valence-electron chi connectivity index (χ0n) is 13.7. The molecule has 2 fully saturated rings. The van der Waals surface area contributed by atoms with E-state index in [0.29, 0.717) is 25.3 Å². The third-order valence-corrected chi connectivity index (χ3v) is 5.03. The minimum absolute atomic E-state index is 0.180. The van der Waals surface area contributed by atoms with E-state index in [2.05, 4.69) is 10.3 Å². The van der Waals surface area contributed by atoms with E-state index in [1.165, 1.54) is 19.3 Å². The maximum Gasteiger partial charge on any atom is 0.307 e. The molecule has 1 aromatic heterocycles. The molecule has 0 bridgehead atoms. The smallest absolute Gasteiger partial charge is 0.307 e. The summed E-state index contributed by atoms with van der Waals surface area (Å²) >= 11 is 0. The molecule has 1 aromatic rings. The molecule has 2 atom stereocenters. The fourth-order valence-electron chi connectivity index (χ4n) is 3.41. The van der Waals surface area contributed by atoms with Gasteiger partial charge < -0.3 is 15.2 Å². The van der Waals surface area contributed by atoms with Gasteiger partial charge in [0.1, 0.15) is 6.10 Å². The fraction of sp³-hybridized carbons (Fsp3) is 0.611. The van der Waals surface area contributed by atoms with Crippen LogP contribution in [0.2, 0.25) is 0 Å². The van der Waals surface area contributed by atoms with Gasteiger partial charge in [-0.15, -0.1) is 0 Å². The first-order chi connectivity index (χ1) is 11.6. The molecule has 3 rings (SSSR count). The molecule has 0 spiro atoms. The normalized spacial score (nSPS) is 24.0. The highest BCUT2D eigenvalue weighted by Gasteiger charge is 2.41. The van der Waals surface area contributed by atoms with Gasteiger partial charge in [0.2, 0.25) is 11.8 Å². The number of hydrogen-bond acceptors (Lipinski definition) is 4. The third kappa shape index (κ3) is 4.04. The van der Waals surface area contributed by atoms with Gasteiger partial charge in [-0.3, -0.25) is 9.59 Å². The summed E-state index contributed by atoms with van der Waals surface area (Å²) in [6, 6.07) is 3.69. The average Bonchev–Trinajstić information content (AvgIpc) is 2.53. The predicted octanol–water partition coefficient (Wildman–Crippen LogP) is 2.52. The molecule has 0 radical (unpaired) electrons. The largest absolute Gasteiger partial charge is 0.481 e. The lowest BCUT2D eigenvalue weighted by atomic mass is 9.73. The van der Waals surface area contributed by atoms with Crippen molar-refractivity contribution in [2.45, 2.75) is 57.6 Å². The van der Waals surface area contributed by atoms with E-state index in [0.717, 1.165) is 18.4 Å². The van der Waals surface area contributed by atoms with Gasteiger partial charge in [0.25, 0.3) is 0 Å². The molecule has 0 saturated heterocycles. The summed E-state index contributed by atoms with van der Waals surface area (Å²) in [6.45, 7) is 0.366. The van der Waals surface area contributed by atoms with E-state index in [9.17, 15) is 9.59 Å². The second-order valence-electron chi connectivity index (χ2n) is 6.73. The molecule has 1 heterocycles. The maximum absolute atomic E-state index is 12.1. The minimum atomic E-state index is -0.881. The molecule has 2 saturated carbocycles. The first-order valence-corrected chi connectivity index (χ1v) is 8.75. The molecule has 2 unspecified atom stereocenters. The van der Waals surface area contributed by atoms with Crippen molar-refractivity contribution in [1.82, 2.24) is 10.3 Å². The second-order valence-corrected chi connectivity index (χ2v) is 6.73. The average molecular weight is 332 g/mol. The Kier molecular flexibility index (Phi) is 5.33. The number of hydrogen-bond donors (Lipinski definition) is 2. The summed E-state index contributed by atoms with van der Waals surface area (Å²) in [4.78, 5) is 27.3. The molecule has 0 aromatic carbocycles. The lowest BCUT2D eigenvalue weighted by molar-refractivity contribution is -0.152. The monoisotopic (exact) mass is 332 g/mol. The standard InChI is InChI=1S/C18H24N2O4/c21-17(14-6-7-15(14)18(22)23)20-11-12-8-9-19-16(10-12)24-13-4-2-1-3-5-13/h8-10,13-15H,1-7,11H2,(H,20,21)(H,22,23). The highest BCUT2D eigenvalue weighted by molar-refractivity contribution is 5.86. The van der Waals surface area contributed by atoms with Gasteiger partial charge in [-0.2, -0.15) is 0 Å². The van der Waals surface area contributed by atoms with Crippen molar-refractivity contribution in [3.63, 3.8) is 0 Å². The van der Waals surface area contributed by atoms with Gasteiger partial charge in [-0.05, 0) is 50.2 Å². The van der Waals surface area contributed by atoms with Crippen LogP contribution >= 0.6 is 0 Å². The minimum Gasteiger partial charge on any atom is -0.481 e. The number of carboxylic acid groups (broad SMARTS) is 1. The Bertz CT molecular complexity index is 598. The van der Waals surface area contributed by atoms with Crippen LogP contribution in [-0.2, 0) is 16.1 Å². The quantitative estimate of drug-likeness (QED) is 0.835. The number of carbonyl (C=O) groups excluding carboxylic acids is 1. The fourth-order valence-corrected chi connectivity index (χ4v) is 3.41. The predicted molar refractivity (Wildman–Crippen MR) is 87.4 cm³/mol. The molecule has 2 aliphatic rings. The van der Waals surface area contributed by atoms with Gasteiger partial charge >= 0.3 is 5.97 Å². The zero-order valence-corrected chi connectivity index (χ0v) is 13.7. The van der Waals surface area contributed by atoms with Crippen molar-refractivity contribution in [2.75, 3.05) is 0 Å². The lowest BCUT2D eigenvalue weighted by Crippen LogP contribution is -2.43. The molecule has 24 heavy (non-hydrogen) atoms. The van der Waals surface area contributed by atoms with E-state index in [-0.39, 0.29) is 12.0 Å². The molecule has 1 amide bonds. The highest BCUT2D eigenvalue weighted by Crippen LogP contribution is 2.34. The molecule has 2 aliphatic carbocycles. The summed E-state index contributed by atoms with van der Waals surface area (Å²) < 4.78 is 5.93. The van der Waals surface area contributed by atoms with Crippen molar-refractivity contribution >= 4 is 11.9 Å². The topological polar surface area (TPSA) is 88.5 Å². The first-order valence-electron chi connectivity index (χ1n) is 8.75. The van der Waals surface area contributed by atoms with Crippen molar-refractivity contribution in [2.24, 2.45) is 11.8 Å². The Morgan fingerprint density at radius 3 is 2.58 bits per heavy atom. The Balaban J connectivity index is 1.51. The van der Waals surface area contributed by atoms with Crippen LogP contribution in [0.3, 0.4) is 0 Å². The number of carbonyl (C=O) groups is 2. The number of nitrogens with zero attached hydrogens (tertiary/aromatic N) is 1. The van der Waals surface area contributed by atoms with Crippen LogP contribution in [0, 0.1) is 11.8 Å². The Morgan fingerprint density at radius 2 is 1.92 bits per heavy atom. The lowest BCUT2D eigenvalue weighted by Gasteiger charge is -2.31. The SMILES string of the molecule is O=C(O)C1CCC1C(=O)NCc1ccnc(OC2CCCCC2)c1. The van der Waals surface area contributed by atoms with Crippen LogP contribution in [-0.4, -0.2) is 28.1 Å². The van der Waals surface area contributed by atoms with Gasteiger partial charge in [0.05, 0.1) is 11.8 Å². The number of carboxylic acids is 1. The summed E-state index contributed by atoms with van der Waals surface area (Å²) in [7, 11) is 0. The molecule has 6 heteroatoms. The molecular weight excluding hydrogens is 308 g/mol. The Morgan fingerprint density at radius 1 is 1.17 bits per heavy atom. The van der Waals surface area contributed by atoms with Crippen LogP contribution in [0.15, 0.2) is 18.3 Å². The van der Waals surface area contributed by atoms with Crippen LogP contribution < -0.4 is 10.1 Å². The van der Waals surface area contributed by atoms with Crippen molar-refractivity contribution in [3.05, 3.63) is 23.9 Å². The third-order valence-electron chi connectivity index (χ3n) is 5.03. The molecule has 6 nitrogen and oxygen atoms in total.